The molecule has 0 aromatic rings. The molecule has 3 aliphatic rings. The monoisotopic (exact) mass is 332 g/mol. The molecule has 5 heteroatoms. The quantitative estimate of drug-likeness (QED) is 0.545. The Morgan fingerprint density at radius 1 is 1.29 bits per heavy atom. The van der Waals surface area contributed by atoms with Crippen molar-refractivity contribution in [3.63, 3.8) is 0 Å². The molecule has 0 N–H and O–H groups in total. The van der Waals surface area contributed by atoms with Gasteiger partial charge in [0, 0.05) is 31.3 Å². The van der Waals surface area contributed by atoms with E-state index in [4.69, 9.17) is 9.47 Å². The van der Waals surface area contributed by atoms with Gasteiger partial charge in [0.1, 0.15) is 18.0 Å². The van der Waals surface area contributed by atoms with Gasteiger partial charge >= 0.3 is 5.97 Å². The van der Waals surface area contributed by atoms with Crippen LogP contribution in [0.3, 0.4) is 0 Å². The number of ketones is 2. The Bertz CT molecular complexity index is 632. The first-order valence-electron chi connectivity index (χ1n) is 8.55. The Balaban J connectivity index is 1.87. The predicted octanol–water partition coefficient (Wildman–Crippen LogP) is 2.68. The predicted molar refractivity (Wildman–Crippen MR) is 87.3 cm³/mol. The minimum absolute atomic E-state index is 0.00823. The lowest BCUT2D eigenvalue weighted by Gasteiger charge is -2.26. The third kappa shape index (κ3) is 3.51. The maximum absolute atomic E-state index is 12.4. The molecule has 3 heterocycles. The molecule has 0 aliphatic carbocycles. The van der Waals surface area contributed by atoms with Crippen LogP contribution in [0.2, 0.25) is 0 Å². The maximum atomic E-state index is 12.4. The number of esters is 1. The van der Waals surface area contributed by atoms with Gasteiger partial charge in [-0.1, -0.05) is 12.2 Å². The number of rotatable bonds is 1. The summed E-state index contributed by atoms with van der Waals surface area (Å²) in [7, 11) is 0. The van der Waals surface area contributed by atoms with Crippen LogP contribution in [0, 0.1) is 5.92 Å². The summed E-state index contributed by atoms with van der Waals surface area (Å²) in [6.45, 7) is 7.72. The summed E-state index contributed by atoms with van der Waals surface area (Å²) in [5.41, 5.74) is 0.897. The van der Waals surface area contributed by atoms with Gasteiger partial charge in [-0.05, 0) is 38.7 Å². The first-order chi connectivity index (χ1) is 11.3. The van der Waals surface area contributed by atoms with E-state index >= 15 is 0 Å². The van der Waals surface area contributed by atoms with Gasteiger partial charge in [-0.25, -0.2) is 4.79 Å². The van der Waals surface area contributed by atoms with Crippen molar-refractivity contribution in [3.8, 4) is 0 Å². The van der Waals surface area contributed by atoms with Gasteiger partial charge in [0.25, 0.3) is 0 Å². The first kappa shape index (κ1) is 17.1. The highest BCUT2D eigenvalue weighted by atomic mass is 16.6. The highest BCUT2D eigenvalue weighted by Gasteiger charge is 2.45. The van der Waals surface area contributed by atoms with Gasteiger partial charge < -0.3 is 9.47 Å². The number of hydrogen-bond donors (Lipinski definition) is 0. The molecular weight excluding hydrogens is 308 g/mol. The van der Waals surface area contributed by atoms with Crippen LogP contribution in [0.1, 0.15) is 52.4 Å². The lowest BCUT2D eigenvalue weighted by atomic mass is 9.87. The number of hydrogen-bond acceptors (Lipinski definition) is 5. The molecule has 4 atom stereocenters. The lowest BCUT2D eigenvalue weighted by molar-refractivity contribution is -0.143. The summed E-state index contributed by atoms with van der Waals surface area (Å²) in [6.07, 6.45) is 3.26. The number of Topliss-reactive ketones (excluding diaryl/α,β-unsaturated/α-hetero) is 2. The Hall–Kier alpha value is -1.75. The fraction of sp³-hybridized carbons (Fsp3) is 0.632. The number of carbonyl (C=O) groups is 3. The molecule has 3 rings (SSSR count). The fourth-order valence-electron chi connectivity index (χ4n) is 3.88. The average molecular weight is 332 g/mol. The minimum Gasteiger partial charge on any atom is -0.455 e. The van der Waals surface area contributed by atoms with Crippen LogP contribution in [0.5, 0.6) is 0 Å². The number of allylic oxidation sites excluding steroid dienone is 1. The normalized spacial score (nSPS) is 37.2. The summed E-state index contributed by atoms with van der Waals surface area (Å²) >= 11 is 0. The minimum atomic E-state index is -0.680. The molecule has 1 fully saturated rings. The number of fused-ring (bicyclic) bond motifs is 3. The molecule has 5 nitrogen and oxygen atoms in total. The van der Waals surface area contributed by atoms with Gasteiger partial charge in [-0.2, -0.15) is 0 Å². The number of ether oxygens (including phenoxy) is 2. The summed E-state index contributed by atoms with van der Waals surface area (Å²) < 4.78 is 11.3. The van der Waals surface area contributed by atoms with E-state index in [0.717, 1.165) is 5.57 Å². The highest BCUT2D eigenvalue weighted by Crippen LogP contribution is 2.37. The van der Waals surface area contributed by atoms with E-state index in [1.807, 2.05) is 19.9 Å². The van der Waals surface area contributed by atoms with E-state index in [1.54, 1.807) is 0 Å². The van der Waals surface area contributed by atoms with Crippen molar-refractivity contribution < 1.29 is 23.9 Å². The SMILES string of the molecule is C=C(C)[C@@H]1CCC2=C[C@H](C[C@]3(C)CC(=O)[C@H](CC(=O)C1)O3)OC2=O. The molecular formula is C19H24O5. The van der Waals surface area contributed by atoms with E-state index in [0.29, 0.717) is 31.3 Å². The number of carbonyl (C=O) groups excluding carboxylic acids is 3. The van der Waals surface area contributed by atoms with Gasteiger partial charge in [0.15, 0.2) is 5.78 Å². The molecule has 0 aromatic heterocycles. The van der Waals surface area contributed by atoms with Crippen LogP contribution in [-0.4, -0.2) is 35.3 Å². The van der Waals surface area contributed by atoms with E-state index in [-0.39, 0.29) is 42.4 Å². The summed E-state index contributed by atoms with van der Waals surface area (Å²) in [5.74, 6) is -0.308. The van der Waals surface area contributed by atoms with Crippen LogP contribution < -0.4 is 0 Å². The topological polar surface area (TPSA) is 69.7 Å². The van der Waals surface area contributed by atoms with Gasteiger partial charge in [-0.3, -0.25) is 9.59 Å². The second-order valence-corrected chi connectivity index (χ2v) is 7.57. The van der Waals surface area contributed by atoms with E-state index in [9.17, 15) is 14.4 Å². The zero-order valence-electron chi connectivity index (χ0n) is 14.3. The van der Waals surface area contributed by atoms with Crippen molar-refractivity contribution in [2.45, 2.75) is 70.2 Å². The molecule has 0 spiro atoms. The van der Waals surface area contributed by atoms with E-state index in [1.165, 1.54) is 0 Å². The van der Waals surface area contributed by atoms with Gasteiger partial charge in [-0.15, -0.1) is 0 Å². The summed E-state index contributed by atoms with van der Waals surface area (Å²) in [4.78, 5) is 36.7. The second-order valence-electron chi connectivity index (χ2n) is 7.57. The smallest absolute Gasteiger partial charge is 0.334 e. The largest absolute Gasteiger partial charge is 0.455 e. The molecule has 130 valence electrons. The van der Waals surface area contributed by atoms with E-state index in [2.05, 4.69) is 6.58 Å². The van der Waals surface area contributed by atoms with Crippen LogP contribution in [0.25, 0.3) is 0 Å². The lowest BCUT2D eigenvalue weighted by Crippen LogP contribution is -2.31. The Kier molecular flexibility index (Phi) is 4.47. The zero-order chi connectivity index (χ0) is 17.5. The van der Waals surface area contributed by atoms with Crippen LogP contribution in [0.4, 0.5) is 0 Å². The Morgan fingerprint density at radius 2 is 2.04 bits per heavy atom. The molecule has 0 aromatic carbocycles. The summed E-state index contributed by atoms with van der Waals surface area (Å²) in [5, 5.41) is 0. The molecule has 3 aliphatic heterocycles. The molecule has 0 saturated carbocycles. The van der Waals surface area contributed by atoms with Crippen molar-refractivity contribution in [3.05, 3.63) is 23.8 Å². The van der Waals surface area contributed by atoms with Crippen molar-refractivity contribution in [2.24, 2.45) is 5.92 Å². The van der Waals surface area contributed by atoms with Crippen molar-refractivity contribution in [2.75, 3.05) is 0 Å². The fourth-order valence-corrected chi connectivity index (χ4v) is 3.88. The molecule has 24 heavy (non-hydrogen) atoms. The third-order valence-electron chi connectivity index (χ3n) is 5.22. The maximum Gasteiger partial charge on any atom is 0.334 e. The first-order valence-corrected chi connectivity index (χ1v) is 8.55. The van der Waals surface area contributed by atoms with Crippen LogP contribution in [0.15, 0.2) is 23.8 Å². The Labute approximate surface area is 142 Å². The van der Waals surface area contributed by atoms with Crippen molar-refractivity contribution >= 4 is 17.5 Å². The molecule has 0 radical (unpaired) electrons. The summed E-state index contributed by atoms with van der Waals surface area (Å²) in [6, 6.07) is 0. The van der Waals surface area contributed by atoms with Gasteiger partial charge in [0.05, 0.1) is 5.60 Å². The highest BCUT2D eigenvalue weighted by molar-refractivity contribution is 5.92. The third-order valence-corrected chi connectivity index (χ3v) is 5.22. The zero-order valence-corrected chi connectivity index (χ0v) is 14.3. The average Bonchev–Trinajstić information content (AvgIpc) is 2.93. The van der Waals surface area contributed by atoms with E-state index < -0.39 is 11.7 Å². The Morgan fingerprint density at radius 3 is 2.75 bits per heavy atom. The standard InChI is InChI=1S/C19H24O5/c1-11(2)12-4-5-13-7-15(23-18(13)22)9-19(3)10-16(21)17(24-19)8-14(20)6-12/h7,12,15,17H,1,4-6,8-10H2,2-3H3/t12-,15-,17+,19-/m1/s1. The molecule has 0 unspecified atom stereocenters. The second kappa shape index (κ2) is 6.28. The molecule has 1 saturated heterocycles. The molecule has 0 amide bonds. The van der Waals surface area contributed by atoms with Crippen LogP contribution >= 0.6 is 0 Å². The van der Waals surface area contributed by atoms with Crippen molar-refractivity contribution in [1.82, 2.24) is 0 Å². The molecule has 4 bridgehead atoms. The van der Waals surface area contributed by atoms with Crippen LogP contribution in [-0.2, 0) is 23.9 Å². The van der Waals surface area contributed by atoms with Crippen molar-refractivity contribution in [1.29, 1.82) is 0 Å². The van der Waals surface area contributed by atoms with Gasteiger partial charge in [0.2, 0.25) is 0 Å².